The summed E-state index contributed by atoms with van der Waals surface area (Å²) in [5.41, 5.74) is 7.37. The fraction of sp³-hybridized carbons (Fsp3) is 0.296. The third kappa shape index (κ3) is 4.46. The van der Waals surface area contributed by atoms with Gasteiger partial charge in [-0.05, 0) is 42.2 Å². The predicted octanol–water partition coefficient (Wildman–Crippen LogP) is 1.49. The molecule has 194 valence electrons. The van der Waals surface area contributed by atoms with Gasteiger partial charge in [-0.3, -0.25) is 18.5 Å². The van der Waals surface area contributed by atoms with E-state index in [-0.39, 0.29) is 35.9 Å². The first-order chi connectivity index (χ1) is 18.3. The molecule has 0 unspecified atom stereocenters. The van der Waals surface area contributed by atoms with Crippen LogP contribution in [0, 0.1) is 11.3 Å². The van der Waals surface area contributed by atoms with E-state index >= 15 is 0 Å². The monoisotopic (exact) mass is 513 g/mol. The van der Waals surface area contributed by atoms with Crippen LogP contribution in [-0.4, -0.2) is 48.9 Å². The Kier molecular flexibility index (Phi) is 6.57. The molecule has 1 aliphatic heterocycles. The number of benzene rings is 2. The topological polar surface area (TPSA) is 152 Å². The lowest BCUT2D eigenvalue weighted by molar-refractivity contribution is 0.0696. The van der Waals surface area contributed by atoms with E-state index in [1.165, 1.54) is 16.7 Å². The summed E-state index contributed by atoms with van der Waals surface area (Å²) in [5, 5.41) is 19.0. The van der Waals surface area contributed by atoms with Crippen molar-refractivity contribution in [3.63, 3.8) is 0 Å². The van der Waals surface area contributed by atoms with Crippen molar-refractivity contribution in [2.45, 2.75) is 32.0 Å². The molecule has 3 heterocycles. The maximum absolute atomic E-state index is 13.9. The second-order valence-electron chi connectivity index (χ2n) is 9.53. The summed E-state index contributed by atoms with van der Waals surface area (Å²) in [7, 11) is 1.56. The second-order valence-corrected chi connectivity index (χ2v) is 9.53. The molecule has 2 aromatic heterocycles. The number of hydrogen-bond donors (Lipinski definition) is 2. The number of aromatic carboxylic acids is 1. The number of aryl methyl sites for hydroxylation is 1. The lowest BCUT2D eigenvalue weighted by Gasteiger charge is -2.32. The number of nitrogens with two attached hydrogens (primary N) is 1. The van der Waals surface area contributed by atoms with Crippen molar-refractivity contribution in [2.24, 2.45) is 12.8 Å². The number of nitrogens with zero attached hydrogens (tertiary/aromatic N) is 6. The van der Waals surface area contributed by atoms with Crippen LogP contribution in [0.5, 0.6) is 0 Å². The highest BCUT2D eigenvalue weighted by Crippen LogP contribution is 2.25. The highest BCUT2D eigenvalue weighted by Gasteiger charge is 2.27. The maximum Gasteiger partial charge on any atom is 0.335 e. The average molecular weight is 514 g/mol. The first-order valence-corrected chi connectivity index (χ1v) is 12.3. The van der Waals surface area contributed by atoms with Gasteiger partial charge < -0.3 is 15.7 Å². The molecule has 11 nitrogen and oxygen atoms in total. The first kappa shape index (κ1) is 25.0. The van der Waals surface area contributed by atoms with E-state index in [2.05, 4.69) is 6.07 Å². The third-order valence-electron chi connectivity index (χ3n) is 6.93. The Morgan fingerprint density at radius 3 is 2.68 bits per heavy atom. The molecule has 1 atom stereocenters. The molecule has 2 aromatic carbocycles. The van der Waals surface area contributed by atoms with Gasteiger partial charge in [-0.2, -0.15) is 10.2 Å². The van der Waals surface area contributed by atoms with Gasteiger partial charge in [-0.25, -0.2) is 9.59 Å². The molecule has 0 spiro atoms. The van der Waals surface area contributed by atoms with E-state index in [1.54, 1.807) is 35.9 Å². The second kappa shape index (κ2) is 9.99. The van der Waals surface area contributed by atoms with Crippen LogP contribution in [0.2, 0.25) is 0 Å². The van der Waals surface area contributed by atoms with E-state index in [1.807, 2.05) is 17.0 Å². The lowest BCUT2D eigenvalue weighted by Crippen LogP contribution is -2.44. The normalized spacial score (nSPS) is 15.5. The van der Waals surface area contributed by atoms with Crippen LogP contribution in [0.25, 0.3) is 11.2 Å². The Labute approximate surface area is 217 Å². The Hall–Kier alpha value is -4.69. The molecule has 0 bridgehead atoms. The van der Waals surface area contributed by atoms with Crippen molar-refractivity contribution in [1.29, 1.82) is 5.26 Å². The Morgan fingerprint density at radius 2 is 1.95 bits per heavy atom. The zero-order chi connectivity index (χ0) is 27.0. The number of carboxylic acid groups (broad SMARTS) is 1. The molecular weight excluding hydrogens is 486 g/mol. The van der Waals surface area contributed by atoms with E-state index in [0.717, 1.165) is 17.4 Å². The summed E-state index contributed by atoms with van der Waals surface area (Å²) in [4.78, 5) is 45.4. The lowest BCUT2D eigenvalue weighted by atomic mass is 10.1. The molecule has 1 saturated heterocycles. The largest absolute Gasteiger partial charge is 0.478 e. The van der Waals surface area contributed by atoms with Crippen molar-refractivity contribution >= 4 is 23.1 Å². The number of fused-ring (bicyclic) bond motifs is 1. The van der Waals surface area contributed by atoms with Gasteiger partial charge in [0, 0.05) is 26.2 Å². The molecule has 0 aliphatic carbocycles. The third-order valence-corrected chi connectivity index (χ3v) is 6.93. The fourth-order valence-electron chi connectivity index (χ4n) is 5.01. The number of nitriles is 1. The molecule has 1 aliphatic rings. The zero-order valence-corrected chi connectivity index (χ0v) is 20.9. The van der Waals surface area contributed by atoms with Crippen molar-refractivity contribution in [3.05, 3.63) is 91.6 Å². The van der Waals surface area contributed by atoms with Gasteiger partial charge in [0.15, 0.2) is 11.2 Å². The van der Waals surface area contributed by atoms with Gasteiger partial charge in [0.1, 0.15) is 0 Å². The quantitative estimate of drug-likeness (QED) is 0.393. The molecule has 4 aromatic rings. The van der Waals surface area contributed by atoms with Crippen molar-refractivity contribution < 1.29 is 9.90 Å². The number of carboxylic acids is 1. The van der Waals surface area contributed by atoms with Gasteiger partial charge >= 0.3 is 11.7 Å². The van der Waals surface area contributed by atoms with Crippen molar-refractivity contribution in [3.8, 4) is 6.07 Å². The highest BCUT2D eigenvalue weighted by molar-refractivity contribution is 5.87. The smallest absolute Gasteiger partial charge is 0.335 e. The summed E-state index contributed by atoms with van der Waals surface area (Å²) in [6.07, 6.45) is 1.75. The Balaban J connectivity index is 1.72. The number of rotatable bonds is 6. The van der Waals surface area contributed by atoms with Crippen LogP contribution in [-0.2, 0) is 20.1 Å². The Bertz CT molecular complexity index is 1710. The molecule has 38 heavy (non-hydrogen) atoms. The van der Waals surface area contributed by atoms with Crippen LogP contribution < -0.4 is 21.9 Å². The van der Waals surface area contributed by atoms with Crippen molar-refractivity contribution in [2.75, 3.05) is 18.0 Å². The minimum atomic E-state index is -1.10. The van der Waals surface area contributed by atoms with Crippen LogP contribution in [0.1, 0.15) is 39.9 Å². The minimum absolute atomic E-state index is 0.0506. The van der Waals surface area contributed by atoms with E-state index in [9.17, 15) is 24.8 Å². The maximum atomic E-state index is 13.9. The molecule has 0 saturated carbocycles. The van der Waals surface area contributed by atoms with Crippen LogP contribution in [0.3, 0.4) is 0 Å². The molecule has 0 amide bonds. The number of carbonyl (C=O) groups is 1. The van der Waals surface area contributed by atoms with E-state index < -0.39 is 17.2 Å². The average Bonchev–Trinajstić information content (AvgIpc) is 3.29. The number of hydrogen-bond acceptors (Lipinski definition) is 7. The molecular formula is C27H27N7O4. The van der Waals surface area contributed by atoms with Gasteiger partial charge in [-0.15, -0.1) is 0 Å². The molecule has 0 radical (unpaired) electrons. The molecule has 3 N–H and O–H groups in total. The van der Waals surface area contributed by atoms with Crippen molar-refractivity contribution in [1.82, 2.24) is 18.7 Å². The standard InChI is InChI=1S/C27H27N7O4/c1-31-23-22(24(35)34(27(31)38)14-17-6-4-9-18(12-17)25(36)37)33(15-20-8-3-2-7-19(20)13-28)26(30-23)32-11-5-10-21(29)16-32/h2-4,6-9,12,21H,5,10-11,14-16,29H2,1H3,(H,36,37)/t21-/m1/s1. The number of piperidine rings is 1. The highest BCUT2D eigenvalue weighted by atomic mass is 16.4. The summed E-state index contributed by atoms with van der Waals surface area (Å²) in [6.45, 7) is 1.34. The number of imidazole rings is 1. The van der Waals surface area contributed by atoms with Crippen LogP contribution >= 0.6 is 0 Å². The summed E-state index contributed by atoms with van der Waals surface area (Å²) in [6, 6.07) is 15.4. The minimum Gasteiger partial charge on any atom is -0.478 e. The zero-order valence-electron chi connectivity index (χ0n) is 20.9. The van der Waals surface area contributed by atoms with Gasteiger partial charge in [0.2, 0.25) is 5.95 Å². The van der Waals surface area contributed by atoms with Crippen LogP contribution in [0.15, 0.2) is 58.1 Å². The summed E-state index contributed by atoms with van der Waals surface area (Å²) >= 11 is 0. The SMILES string of the molecule is Cn1c(=O)n(Cc2cccc(C(=O)O)c2)c(=O)c2c1nc(N1CCC[C@@H](N)C1)n2Cc1ccccc1C#N. The summed E-state index contributed by atoms with van der Waals surface area (Å²) in [5.74, 6) is -0.582. The van der Waals surface area contributed by atoms with E-state index in [0.29, 0.717) is 35.7 Å². The summed E-state index contributed by atoms with van der Waals surface area (Å²) < 4.78 is 4.18. The number of aromatic nitrogens is 4. The fourth-order valence-corrected chi connectivity index (χ4v) is 5.01. The molecule has 1 fully saturated rings. The Morgan fingerprint density at radius 1 is 1.16 bits per heavy atom. The molecule has 5 rings (SSSR count). The van der Waals surface area contributed by atoms with Gasteiger partial charge in [0.25, 0.3) is 5.56 Å². The van der Waals surface area contributed by atoms with Crippen LogP contribution in [0.4, 0.5) is 5.95 Å². The van der Waals surface area contributed by atoms with E-state index in [4.69, 9.17) is 10.7 Å². The predicted molar refractivity (Wildman–Crippen MR) is 141 cm³/mol. The first-order valence-electron chi connectivity index (χ1n) is 12.3. The van der Waals surface area contributed by atoms with Gasteiger partial charge in [0.05, 0.1) is 30.3 Å². The number of anilines is 1. The molecule has 11 heteroatoms. The van der Waals surface area contributed by atoms with Gasteiger partial charge in [-0.1, -0.05) is 30.3 Å².